The lowest BCUT2D eigenvalue weighted by Gasteiger charge is -2.32. The summed E-state index contributed by atoms with van der Waals surface area (Å²) in [5.74, 6) is 0.0195. The molecule has 0 heterocycles. The van der Waals surface area contributed by atoms with Gasteiger partial charge >= 0.3 is 0 Å². The lowest BCUT2D eigenvalue weighted by Crippen LogP contribution is -2.49. The molecule has 0 aromatic carbocycles. The quantitative estimate of drug-likeness (QED) is 0.642. The van der Waals surface area contributed by atoms with Crippen LogP contribution in [-0.4, -0.2) is 63.8 Å². The number of nitrogens with one attached hydrogen (secondary N) is 2. The summed E-state index contributed by atoms with van der Waals surface area (Å²) in [6.45, 7) is 6.48. The van der Waals surface area contributed by atoms with Gasteiger partial charge in [0.2, 0.25) is 5.91 Å². The number of amides is 1. The number of methoxy groups -OCH3 is 1. The van der Waals surface area contributed by atoms with Gasteiger partial charge in [-0.3, -0.25) is 4.79 Å². The highest BCUT2D eigenvalue weighted by Gasteiger charge is 2.20. The number of halogens is 2. The maximum atomic E-state index is 11.4. The van der Waals surface area contributed by atoms with Gasteiger partial charge in [-0.25, -0.2) is 0 Å². The van der Waals surface area contributed by atoms with Crippen molar-refractivity contribution in [3.8, 4) is 0 Å². The molecule has 0 aliphatic carbocycles. The molecular weight excluding hydrogens is 277 g/mol. The number of carbonyl (C=O) groups is 1. The van der Waals surface area contributed by atoms with E-state index in [2.05, 4.69) is 29.4 Å². The molecule has 0 aliphatic heterocycles. The molecule has 18 heavy (non-hydrogen) atoms. The van der Waals surface area contributed by atoms with Gasteiger partial charge in [0.05, 0.1) is 13.2 Å². The standard InChI is InChI=1S/C11H25N3O2.2ClH/c1-11(2,14(3)4)9-13-10(15)8-12-6-7-16-5;;/h12H,6-9H2,1-5H3,(H,13,15);2*1H. The maximum absolute atomic E-state index is 11.4. The Balaban J connectivity index is -0.00000112. The molecule has 112 valence electrons. The predicted molar refractivity (Wildman–Crippen MR) is 80.0 cm³/mol. The van der Waals surface area contributed by atoms with Crippen LogP contribution in [0.5, 0.6) is 0 Å². The average molecular weight is 304 g/mol. The van der Waals surface area contributed by atoms with Crippen molar-refractivity contribution >= 4 is 30.7 Å². The minimum Gasteiger partial charge on any atom is -0.383 e. The van der Waals surface area contributed by atoms with Crippen LogP contribution < -0.4 is 10.6 Å². The van der Waals surface area contributed by atoms with E-state index in [1.54, 1.807) is 7.11 Å². The van der Waals surface area contributed by atoms with Crippen molar-refractivity contribution in [2.45, 2.75) is 19.4 Å². The van der Waals surface area contributed by atoms with E-state index in [0.29, 0.717) is 26.2 Å². The van der Waals surface area contributed by atoms with Crippen LogP contribution >= 0.6 is 24.8 Å². The molecule has 0 radical (unpaired) electrons. The molecule has 1 amide bonds. The average Bonchev–Trinajstić information content (AvgIpc) is 2.21. The second-order valence-electron chi connectivity index (χ2n) is 4.65. The molecule has 0 aromatic heterocycles. The molecule has 0 saturated carbocycles. The molecule has 0 spiro atoms. The van der Waals surface area contributed by atoms with Crippen molar-refractivity contribution in [3.05, 3.63) is 0 Å². The summed E-state index contributed by atoms with van der Waals surface area (Å²) < 4.78 is 4.87. The Hall–Kier alpha value is -0.0700. The van der Waals surface area contributed by atoms with Crippen LogP contribution in [-0.2, 0) is 9.53 Å². The van der Waals surface area contributed by atoms with Gasteiger partial charge < -0.3 is 20.3 Å². The number of likely N-dealkylation sites (N-methyl/N-ethyl adjacent to an activating group) is 1. The number of rotatable bonds is 8. The topological polar surface area (TPSA) is 53.6 Å². The normalized spacial score (nSPS) is 10.6. The molecule has 0 aliphatic rings. The van der Waals surface area contributed by atoms with Crippen LogP contribution in [0.15, 0.2) is 0 Å². The summed E-state index contributed by atoms with van der Waals surface area (Å²) in [6.07, 6.45) is 0. The highest BCUT2D eigenvalue weighted by atomic mass is 35.5. The largest absolute Gasteiger partial charge is 0.383 e. The summed E-state index contributed by atoms with van der Waals surface area (Å²) >= 11 is 0. The molecule has 0 fully saturated rings. The third-order valence-corrected chi connectivity index (χ3v) is 2.70. The summed E-state index contributed by atoms with van der Waals surface area (Å²) in [7, 11) is 5.65. The minimum atomic E-state index is -0.0256. The number of ether oxygens (including phenoxy) is 1. The molecular formula is C11H27Cl2N3O2. The van der Waals surface area contributed by atoms with Crippen LogP contribution in [0.25, 0.3) is 0 Å². The van der Waals surface area contributed by atoms with Gasteiger partial charge in [-0.15, -0.1) is 24.8 Å². The Bertz CT molecular complexity index is 214. The van der Waals surface area contributed by atoms with Gasteiger partial charge in [0.15, 0.2) is 0 Å². The fourth-order valence-electron chi connectivity index (χ4n) is 0.912. The van der Waals surface area contributed by atoms with Crippen molar-refractivity contribution in [1.82, 2.24) is 15.5 Å². The molecule has 0 aromatic rings. The molecule has 0 unspecified atom stereocenters. The summed E-state index contributed by atoms with van der Waals surface area (Å²) in [6, 6.07) is 0. The SMILES string of the molecule is COCCNCC(=O)NCC(C)(C)N(C)C.Cl.Cl. The van der Waals surface area contributed by atoms with Crippen molar-refractivity contribution in [3.63, 3.8) is 0 Å². The van der Waals surface area contributed by atoms with Crippen LogP contribution in [0.4, 0.5) is 0 Å². The van der Waals surface area contributed by atoms with E-state index in [1.165, 1.54) is 0 Å². The van der Waals surface area contributed by atoms with Crippen LogP contribution in [0, 0.1) is 0 Å². The van der Waals surface area contributed by atoms with E-state index in [9.17, 15) is 4.79 Å². The van der Waals surface area contributed by atoms with E-state index in [0.717, 1.165) is 0 Å². The van der Waals surface area contributed by atoms with Crippen molar-refractivity contribution < 1.29 is 9.53 Å². The Labute approximate surface area is 123 Å². The highest BCUT2D eigenvalue weighted by Crippen LogP contribution is 2.07. The van der Waals surface area contributed by atoms with Crippen LogP contribution in [0.2, 0.25) is 0 Å². The number of hydrogen-bond acceptors (Lipinski definition) is 4. The summed E-state index contributed by atoms with van der Waals surface area (Å²) in [4.78, 5) is 13.5. The van der Waals surface area contributed by atoms with Crippen molar-refractivity contribution in [1.29, 1.82) is 0 Å². The molecule has 5 nitrogen and oxygen atoms in total. The molecule has 7 heteroatoms. The first kappa shape index (κ1) is 23.1. The number of nitrogens with zero attached hydrogens (tertiary/aromatic N) is 1. The lowest BCUT2D eigenvalue weighted by molar-refractivity contribution is -0.120. The monoisotopic (exact) mass is 303 g/mol. The fourth-order valence-corrected chi connectivity index (χ4v) is 0.912. The predicted octanol–water partition coefficient (Wildman–Crippen LogP) is 0.522. The Morgan fingerprint density at radius 1 is 1.28 bits per heavy atom. The van der Waals surface area contributed by atoms with E-state index >= 15 is 0 Å². The Morgan fingerprint density at radius 2 is 1.83 bits per heavy atom. The van der Waals surface area contributed by atoms with Crippen molar-refractivity contribution in [2.75, 3.05) is 47.4 Å². The smallest absolute Gasteiger partial charge is 0.234 e. The van der Waals surface area contributed by atoms with Crippen LogP contribution in [0.1, 0.15) is 13.8 Å². The molecule has 2 N–H and O–H groups in total. The van der Waals surface area contributed by atoms with Gasteiger partial charge in [-0.05, 0) is 27.9 Å². The zero-order valence-electron chi connectivity index (χ0n) is 11.9. The molecule has 0 atom stereocenters. The Kier molecular flexibility index (Phi) is 15.4. The van der Waals surface area contributed by atoms with Crippen LogP contribution in [0.3, 0.4) is 0 Å². The summed E-state index contributed by atoms with van der Waals surface area (Å²) in [5, 5.41) is 5.90. The number of hydrogen-bond donors (Lipinski definition) is 2. The molecule has 0 bridgehead atoms. The highest BCUT2D eigenvalue weighted by molar-refractivity contribution is 5.85. The maximum Gasteiger partial charge on any atom is 0.234 e. The minimum absolute atomic E-state index is 0. The van der Waals surface area contributed by atoms with Gasteiger partial charge in [0.1, 0.15) is 0 Å². The van der Waals surface area contributed by atoms with Gasteiger partial charge in [0.25, 0.3) is 0 Å². The molecule has 0 saturated heterocycles. The van der Waals surface area contributed by atoms with E-state index in [1.807, 2.05) is 14.1 Å². The van der Waals surface area contributed by atoms with Gasteiger partial charge in [0, 0.05) is 25.7 Å². The third kappa shape index (κ3) is 11.0. The first-order chi connectivity index (χ1) is 7.40. The second kappa shape index (κ2) is 12.0. The first-order valence-corrected chi connectivity index (χ1v) is 5.54. The fraction of sp³-hybridized carbons (Fsp3) is 0.909. The Morgan fingerprint density at radius 3 is 2.28 bits per heavy atom. The number of carbonyl (C=O) groups excluding carboxylic acids is 1. The van der Waals surface area contributed by atoms with Gasteiger partial charge in [-0.2, -0.15) is 0 Å². The zero-order valence-corrected chi connectivity index (χ0v) is 13.5. The lowest BCUT2D eigenvalue weighted by atomic mass is 10.0. The second-order valence-corrected chi connectivity index (χ2v) is 4.65. The first-order valence-electron chi connectivity index (χ1n) is 5.54. The third-order valence-electron chi connectivity index (χ3n) is 2.70. The van der Waals surface area contributed by atoms with E-state index in [4.69, 9.17) is 4.74 Å². The molecule has 0 rings (SSSR count). The van der Waals surface area contributed by atoms with E-state index in [-0.39, 0.29) is 36.3 Å². The van der Waals surface area contributed by atoms with Crippen molar-refractivity contribution in [2.24, 2.45) is 0 Å². The van der Waals surface area contributed by atoms with E-state index < -0.39 is 0 Å². The summed E-state index contributed by atoms with van der Waals surface area (Å²) in [5.41, 5.74) is -0.0256. The van der Waals surface area contributed by atoms with Gasteiger partial charge in [-0.1, -0.05) is 0 Å². The zero-order chi connectivity index (χ0) is 12.6.